The van der Waals surface area contributed by atoms with Crippen molar-refractivity contribution in [3.8, 4) is 0 Å². The molecule has 0 bridgehead atoms. The van der Waals surface area contributed by atoms with Gasteiger partial charge >= 0.3 is 5.97 Å². The molecule has 2 saturated carbocycles. The Morgan fingerprint density at radius 1 is 1.24 bits per heavy atom. The molecule has 2 rings (SSSR count). The molecule has 0 heterocycles. The van der Waals surface area contributed by atoms with Crippen molar-refractivity contribution >= 4 is 5.97 Å². The third-order valence-corrected chi connectivity index (χ3v) is 4.87. The second-order valence-electron chi connectivity index (χ2n) is 5.98. The lowest BCUT2D eigenvalue weighted by Crippen LogP contribution is -2.40. The Kier molecular flexibility index (Phi) is 4.11. The number of ether oxygens (including phenoxy) is 1. The molecule has 0 saturated heterocycles. The minimum atomic E-state index is -0.0724. The standard InChI is InChI=1S/C15H26O2/c1-3-12(2)14(16)17-15(10-6-7-11-15)13-8-4-5-9-13/h12-13H,3-11H2,1-2H3. The average molecular weight is 238 g/mol. The molecular formula is C15H26O2. The van der Waals surface area contributed by atoms with Crippen molar-refractivity contribution < 1.29 is 9.53 Å². The number of hydrogen-bond acceptors (Lipinski definition) is 2. The van der Waals surface area contributed by atoms with Gasteiger partial charge in [-0.3, -0.25) is 4.79 Å². The van der Waals surface area contributed by atoms with E-state index in [9.17, 15) is 4.79 Å². The van der Waals surface area contributed by atoms with Gasteiger partial charge in [-0.25, -0.2) is 0 Å². The van der Waals surface area contributed by atoms with E-state index >= 15 is 0 Å². The first-order chi connectivity index (χ1) is 8.18. The molecule has 0 aliphatic heterocycles. The van der Waals surface area contributed by atoms with Gasteiger partial charge in [-0.1, -0.05) is 26.7 Å². The molecule has 2 fully saturated rings. The summed E-state index contributed by atoms with van der Waals surface area (Å²) in [6.07, 6.45) is 10.8. The average Bonchev–Trinajstić information content (AvgIpc) is 2.98. The fraction of sp³-hybridized carbons (Fsp3) is 0.933. The van der Waals surface area contributed by atoms with Crippen molar-refractivity contribution in [2.24, 2.45) is 11.8 Å². The minimum Gasteiger partial charge on any atom is -0.459 e. The Morgan fingerprint density at radius 2 is 1.82 bits per heavy atom. The molecule has 17 heavy (non-hydrogen) atoms. The number of esters is 1. The lowest BCUT2D eigenvalue weighted by Gasteiger charge is -2.36. The number of rotatable bonds is 4. The van der Waals surface area contributed by atoms with Crippen LogP contribution in [0.5, 0.6) is 0 Å². The van der Waals surface area contributed by atoms with Crippen LogP contribution in [0.15, 0.2) is 0 Å². The summed E-state index contributed by atoms with van der Waals surface area (Å²) in [6.45, 7) is 4.04. The highest BCUT2D eigenvalue weighted by Crippen LogP contribution is 2.46. The first-order valence-corrected chi connectivity index (χ1v) is 7.41. The van der Waals surface area contributed by atoms with Crippen molar-refractivity contribution in [1.82, 2.24) is 0 Å². The number of hydrogen-bond donors (Lipinski definition) is 0. The van der Waals surface area contributed by atoms with Gasteiger partial charge in [-0.15, -0.1) is 0 Å². The van der Waals surface area contributed by atoms with Gasteiger partial charge < -0.3 is 4.74 Å². The van der Waals surface area contributed by atoms with E-state index in [4.69, 9.17) is 4.74 Å². The second kappa shape index (κ2) is 5.41. The van der Waals surface area contributed by atoms with Crippen LogP contribution in [-0.4, -0.2) is 11.6 Å². The summed E-state index contributed by atoms with van der Waals surface area (Å²) in [7, 11) is 0. The fourth-order valence-corrected chi connectivity index (χ4v) is 3.49. The van der Waals surface area contributed by atoms with E-state index in [1.165, 1.54) is 38.5 Å². The maximum absolute atomic E-state index is 12.1. The zero-order valence-corrected chi connectivity index (χ0v) is 11.3. The molecule has 0 aromatic heterocycles. The fourth-order valence-electron chi connectivity index (χ4n) is 3.49. The van der Waals surface area contributed by atoms with Crippen LogP contribution in [0, 0.1) is 11.8 Å². The van der Waals surface area contributed by atoms with E-state index in [2.05, 4.69) is 6.92 Å². The monoisotopic (exact) mass is 238 g/mol. The lowest BCUT2D eigenvalue weighted by atomic mass is 9.84. The summed E-state index contributed by atoms with van der Waals surface area (Å²) < 4.78 is 6.00. The van der Waals surface area contributed by atoms with Crippen molar-refractivity contribution in [2.75, 3.05) is 0 Å². The van der Waals surface area contributed by atoms with E-state index in [1.807, 2.05) is 6.92 Å². The van der Waals surface area contributed by atoms with Crippen LogP contribution >= 0.6 is 0 Å². The Labute approximate surface area is 105 Å². The predicted molar refractivity (Wildman–Crippen MR) is 68.7 cm³/mol. The maximum Gasteiger partial charge on any atom is 0.309 e. The van der Waals surface area contributed by atoms with Crippen molar-refractivity contribution in [3.63, 3.8) is 0 Å². The molecular weight excluding hydrogens is 212 g/mol. The van der Waals surface area contributed by atoms with E-state index < -0.39 is 0 Å². The molecule has 0 aromatic carbocycles. The van der Waals surface area contributed by atoms with Gasteiger partial charge in [0.15, 0.2) is 0 Å². The predicted octanol–water partition coefficient (Wildman–Crippen LogP) is 4.08. The summed E-state index contributed by atoms with van der Waals surface area (Å²) in [5.41, 5.74) is -0.0724. The van der Waals surface area contributed by atoms with Gasteiger partial charge in [-0.05, 0) is 50.9 Å². The Bertz CT molecular complexity index is 260. The summed E-state index contributed by atoms with van der Waals surface area (Å²) in [5.74, 6) is 0.758. The van der Waals surface area contributed by atoms with Gasteiger partial charge in [0.05, 0.1) is 5.92 Å². The summed E-state index contributed by atoms with van der Waals surface area (Å²) >= 11 is 0. The molecule has 1 atom stereocenters. The third-order valence-electron chi connectivity index (χ3n) is 4.87. The largest absolute Gasteiger partial charge is 0.459 e. The van der Waals surface area contributed by atoms with Gasteiger partial charge in [0.2, 0.25) is 0 Å². The van der Waals surface area contributed by atoms with Crippen LogP contribution in [-0.2, 0) is 9.53 Å². The molecule has 0 radical (unpaired) electrons. The van der Waals surface area contributed by atoms with E-state index in [0.29, 0.717) is 5.92 Å². The normalized spacial score (nSPS) is 26.0. The Balaban J connectivity index is 2.03. The first-order valence-electron chi connectivity index (χ1n) is 7.41. The van der Waals surface area contributed by atoms with Crippen LogP contribution < -0.4 is 0 Å². The van der Waals surface area contributed by atoms with Gasteiger partial charge in [-0.2, -0.15) is 0 Å². The maximum atomic E-state index is 12.1. The lowest BCUT2D eigenvalue weighted by molar-refractivity contribution is -0.170. The van der Waals surface area contributed by atoms with Crippen LogP contribution in [0.2, 0.25) is 0 Å². The van der Waals surface area contributed by atoms with Crippen LogP contribution in [0.25, 0.3) is 0 Å². The summed E-state index contributed by atoms with van der Waals surface area (Å²) in [4.78, 5) is 12.1. The smallest absolute Gasteiger partial charge is 0.309 e. The van der Waals surface area contributed by atoms with Crippen LogP contribution in [0.3, 0.4) is 0 Å². The Morgan fingerprint density at radius 3 is 2.35 bits per heavy atom. The highest BCUT2D eigenvalue weighted by molar-refractivity contribution is 5.72. The minimum absolute atomic E-state index is 0.0429. The molecule has 2 aliphatic rings. The second-order valence-corrected chi connectivity index (χ2v) is 5.98. The van der Waals surface area contributed by atoms with E-state index in [1.54, 1.807) is 0 Å². The molecule has 1 unspecified atom stereocenters. The summed E-state index contributed by atoms with van der Waals surface area (Å²) in [5, 5.41) is 0. The highest BCUT2D eigenvalue weighted by atomic mass is 16.6. The van der Waals surface area contributed by atoms with E-state index in [0.717, 1.165) is 19.3 Å². The van der Waals surface area contributed by atoms with Crippen LogP contribution in [0.4, 0.5) is 0 Å². The molecule has 0 aromatic rings. The molecule has 2 aliphatic carbocycles. The molecule has 2 heteroatoms. The van der Waals surface area contributed by atoms with Crippen LogP contribution in [0.1, 0.15) is 71.6 Å². The third kappa shape index (κ3) is 2.66. The summed E-state index contributed by atoms with van der Waals surface area (Å²) in [6, 6.07) is 0. The Hall–Kier alpha value is -0.530. The van der Waals surface area contributed by atoms with Gasteiger partial charge in [0, 0.05) is 0 Å². The molecule has 0 amide bonds. The quantitative estimate of drug-likeness (QED) is 0.690. The van der Waals surface area contributed by atoms with Gasteiger partial charge in [0.1, 0.15) is 5.60 Å². The zero-order chi connectivity index (χ0) is 12.3. The highest BCUT2D eigenvalue weighted by Gasteiger charge is 2.45. The van der Waals surface area contributed by atoms with Crippen molar-refractivity contribution in [1.29, 1.82) is 0 Å². The van der Waals surface area contributed by atoms with Crippen molar-refractivity contribution in [3.05, 3.63) is 0 Å². The first kappa shape index (κ1) is 12.9. The molecule has 0 N–H and O–H groups in total. The van der Waals surface area contributed by atoms with E-state index in [-0.39, 0.29) is 17.5 Å². The van der Waals surface area contributed by atoms with Gasteiger partial charge in [0.25, 0.3) is 0 Å². The topological polar surface area (TPSA) is 26.3 Å². The number of carbonyl (C=O) groups is 1. The molecule has 98 valence electrons. The molecule has 0 spiro atoms. The molecule has 2 nitrogen and oxygen atoms in total. The van der Waals surface area contributed by atoms with Crippen molar-refractivity contribution in [2.45, 2.75) is 77.2 Å². The zero-order valence-electron chi connectivity index (χ0n) is 11.3. The number of carbonyl (C=O) groups excluding carboxylic acids is 1. The SMILES string of the molecule is CCC(C)C(=O)OC1(C2CCCC2)CCCC1.